The fourth-order valence-corrected chi connectivity index (χ4v) is 2.61. The third-order valence-corrected chi connectivity index (χ3v) is 4.01. The van der Waals surface area contributed by atoms with Gasteiger partial charge in [0.1, 0.15) is 17.1 Å². The van der Waals surface area contributed by atoms with Gasteiger partial charge in [0, 0.05) is 29.5 Å². The summed E-state index contributed by atoms with van der Waals surface area (Å²) in [6, 6.07) is 12.8. The average molecular weight is 366 g/mol. The van der Waals surface area contributed by atoms with Gasteiger partial charge < -0.3 is 13.9 Å². The highest BCUT2D eigenvalue weighted by Gasteiger charge is 2.09. The van der Waals surface area contributed by atoms with Gasteiger partial charge in [-0.15, -0.1) is 0 Å². The smallest absolute Gasteiger partial charge is 0.349 e. The summed E-state index contributed by atoms with van der Waals surface area (Å²) in [5, 5.41) is 0.797. The van der Waals surface area contributed by atoms with Crippen LogP contribution in [0.2, 0.25) is 0 Å². The van der Waals surface area contributed by atoms with Gasteiger partial charge in [-0.05, 0) is 48.9 Å². The minimum atomic E-state index is -0.588. The third-order valence-electron chi connectivity index (χ3n) is 4.01. The maximum Gasteiger partial charge on any atom is 0.349 e. The molecule has 2 aromatic carbocycles. The van der Waals surface area contributed by atoms with Crippen molar-refractivity contribution in [3.8, 4) is 11.5 Å². The second-order valence-corrected chi connectivity index (χ2v) is 5.97. The molecule has 0 aliphatic heterocycles. The number of hydrogen-bond donors (Lipinski definition) is 0. The van der Waals surface area contributed by atoms with Crippen molar-refractivity contribution in [2.24, 2.45) is 0 Å². The van der Waals surface area contributed by atoms with Crippen LogP contribution in [0.4, 0.5) is 0 Å². The number of rotatable bonds is 6. The first-order chi connectivity index (χ1) is 13.0. The summed E-state index contributed by atoms with van der Waals surface area (Å²) in [6.07, 6.45) is 0.415. The molecular formula is C21H18O6. The minimum absolute atomic E-state index is 0.0226. The Hall–Kier alpha value is -3.41. The van der Waals surface area contributed by atoms with Crippen molar-refractivity contribution in [1.29, 1.82) is 0 Å². The predicted molar refractivity (Wildman–Crippen MR) is 99.4 cm³/mol. The molecule has 1 heterocycles. The lowest BCUT2D eigenvalue weighted by Crippen LogP contribution is -2.17. The molecule has 0 saturated heterocycles. The van der Waals surface area contributed by atoms with E-state index in [1.807, 2.05) is 6.92 Å². The number of carbonyl (C=O) groups excluding carboxylic acids is 2. The van der Waals surface area contributed by atoms with Crippen LogP contribution in [0.25, 0.3) is 11.0 Å². The predicted octanol–water partition coefficient (Wildman–Crippen LogP) is 3.68. The molecule has 0 saturated carbocycles. The van der Waals surface area contributed by atoms with Crippen LogP contribution in [-0.4, -0.2) is 18.4 Å². The lowest BCUT2D eigenvalue weighted by atomic mass is 10.1. The van der Waals surface area contributed by atoms with Crippen LogP contribution in [0, 0.1) is 6.92 Å². The van der Waals surface area contributed by atoms with Crippen LogP contribution in [0.15, 0.2) is 57.7 Å². The van der Waals surface area contributed by atoms with Crippen molar-refractivity contribution in [2.75, 3.05) is 6.61 Å². The van der Waals surface area contributed by atoms with E-state index in [0.29, 0.717) is 29.1 Å². The summed E-state index contributed by atoms with van der Waals surface area (Å²) < 4.78 is 15.7. The van der Waals surface area contributed by atoms with Crippen molar-refractivity contribution in [3.05, 3.63) is 70.1 Å². The van der Waals surface area contributed by atoms with Gasteiger partial charge in [0.15, 0.2) is 12.4 Å². The van der Waals surface area contributed by atoms with E-state index in [9.17, 15) is 14.4 Å². The van der Waals surface area contributed by atoms with Crippen LogP contribution in [0.3, 0.4) is 0 Å². The van der Waals surface area contributed by atoms with E-state index >= 15 is 0 Å². The number of carbonyl (C=O) groups is 2. The van der Waals surface area contributed by atoms with Gasteiger partial charge in [-0.25, -0.2) is 9.59 Å². The van der Waals surface area contributed by atoms with Gasteiger partial charge >= 0.3 is 11.6 Å². The van der Waals surface area contributed by atoms with Crippen LogP contribution in [-0.2, 0) is 4.79 Å². The standard InChI is InChI=1S/C21H18O6/c1-3-18(22)14-4-6-15(7-5-14)26-21(24)12-25-16-8-9-17-13(2)10-20(23)27-19(17)11-16/h4-11H,3,12H2,1-2H3. The number of benzene rings is 2. The Morgan fingerprint density at radius 1 is 1.00 bits per heavy atom. The van der Waals surface area contributed by atoms with Crippen molar-refractivity contribution < 1.29 is 23.5 Å². The lowest BCUT2D eigenvalue weighted by molar-refractivity contribution is -0.136. The van der Waals surface area contributed by atoms with E-state index in [1.165, 1.54) is 6.07 Å². The average Bonchev–Trinajstić information content (AvgIpc) is 2.66. The van der Waals surface area contributed by atoms with Gasteiger partial charge in [-0.1, -0.05) is 6.92 Å². The molecule has 0 atom stereocenters. The number of aryl methyl sites for hydroxylation is 1. The van der Waals surface area contributed by atoms with Crippen LogP contribution >= 0.6 is 0 Å². The van der Waals surface area contributed by atoms with Gasteiger partial charge in [0.25, 0.3) is 0 Å². The van der Waals surface area contributed by atoms with Gasteiger partial charge in [0.2, 0.25) is 0 Å². The van der Waals surface area contributed by atoms with Crippen molar-refractivity contribution in [3.63, 3.8) is 0 Å². The zero-order valence-corrected chi connectivity index (χ0v) is 15.0. The van der Waals surface area contributed by atoms with E-state index in [-0.39, 0.29) is 12.4 Å². The van der Waals surface area contributed by atoms with E-state index < -0.39 is 11.6 Å². The fraction of sp³-hybridized carbons (Fsp3) is 0.190. The Labute approximate surface area is 155 Å². The zero-order chi connectivity index (χ0) is 19.4. The molecule has 0 radical (unpaired) electrons. The lowest BCUT2D eigenvalue weighted by Gasteiger charge is -2.08. The third kappa shape index (κ3) is 4.41. The van der Waals surface area contributed by atoms with Gasteiger partial charge in [0.05, 0.1) is 0 Å². The summed E-state index contributed by atoms with van der Waals surface area (Å²) in [5.74, 6) is 0.151. The molecule has 0 unspecified atom stereocenters. The number of fused-ring (bicyclic) bond motifs is 1. The fourth-order valence-electron chi connectivity index (χ4n) is 2.61. The second kappa shape index (κ2) is 7.86. The first-order valence-corrected chi connectivity index (χ1v) is 8.47. The highest BCUT2D eigenvalue weighted by atomic mass is 16.6. The molecule has 138 valence electrons. The molecule has 0 spiro atoms. The molecule has 0 fully saturated rings. The van der Waals surface area contributed by atoms with Crippen LogP contribution in [0.5, 0.6) is 11.5 Å². The Morgan fingerprint density at radius 3 is 2.41 bits per heavy atom. The molecule has 6 nitrogen and oxygen atoms in total. The molecule has 0 bridgehead atoms. The molecule has 0 amide bonds. The molecule has 0 aliphatic carbocycles. The van der Waals surface area contributed by atoms with Gasteiger partial charge in [-0.3, -0.25) is 4.79 Å². The van der Waals surface area contributed by atoms with Crippen LogP contribution < -0.4 is 15.1 Å². The first kappa shape index (κ1) is 18.4. The Morgan fingerprint density at radius 2 is 1.70 bits per heavy atom. The highest BCUT2D eigenvalue weighted by Crippen LogP contribution is 2.22. The molecule has 3 rings (SSSR count). The maximum atomic E-state index is 11.9. The van der Waals surface area contributed by atoms with Crippen molar-refractivity contribution >= 4 is 22.7 Å². The SMILES string of the molecule is CCC(=O)c1ccc(OC(=O)COc2ccc3c(C)cc(=O)oc3c2)cc1. The maximum absolute atomic E-state index is 11.9. The monoisotopic (exact) mass is 366 g/mol. The topological polar surface area (TPSA) is 82.8 Å². The zero-order valence-electron chi connectivity index (χ0n) is 15.0. The van der Waals surface area contributed by atoms with Crippen molar-refractivity contribution in [2.45, 2.75) is 20.3 Å². The summed E-state index contributed by atoms with van der Waals surface area (Å²) in [5.41, 5.74) is 1.32. The molecule has 3 aromatic rings. The van der Waals surface area contributed by atoms with Crippen LogP contribution in [0.1, 0.15) is 29.3 Å². The molecule has 6 heteroatoms. The second-order valence-electron chi connectivity index (χ2n) is 5.97. The van der Waals surface area contributed by atoms with E-state index in [1.54, 1.807) is 49.4 Å². The minimum Gasteiger partial charge on any atom is -0.482 e. The Kier molecular flexibility index (Phi) is 5.35. The number of ketones is 1. The number of ether oxygens (including phenoxy) is 2. The molecular weight excluding hydrogens is 348 g/mol. The van der Waals surface area contributed by atoms with E-state index in [2.05, 4.69) is 0 Å². The molecule has 0 aliphatic rings. The van der Waals surface area contributed by atoms with Gasteiger partial charge in [-0.2, -0.15) is 0 Å². The van der Waals surface area contributed by atoms with E-state index in [4.69, 9.17) is 13.9 Å². The molecule has 0 N–H and O–H groups in total. The summed E-state index contributed by atoms with van der Waals surface area (Å²) in [6.45, 7) is 3.29. The largest absolute Gasteiger partial charge is 0.482 e. The molecule has 1 aromatic heterocycles. The summed E-state index contributed by atoms with van der Waals surface area (Å²) >= 11 is 0. The van der Waals surface area contributed by atoms with Crippen molar-refractivity contribution in [1.82, 2.24) is 0 Å². The Bertz CT molecular complexity index is 1050. The molecule has 27 heavy (non-hydrogen) atoms. The number of esters is 1. The number of hydrogen-bond acceptors (Lipinski definition) is 6. The summed E-state index contributed by atoms with van der Waals surface area (Å²) in [4.78, 5) is 35.0. The quantitative estimate of drug-likeness (QED) is 0.286. The highest BCUT2D eigenvalue weighted by molar-refractivity contribution is 5.96. The summed E-state index contributed by atoms with van der Waals surface area (Å²) in [7, 11) is 0. The Balaban J connectivity index is 1.63. The first-order valence-electron chi connectivity index (χ1n) is 8.47. The van der Waals surface area contributed by atoms with E-state index in [0.717, 1.165) is 10.9 Å². The number of Topliss-reactive ketones (excluding diaryl/α,β-unsaturated/α-hetero) is 1. The normalized spacial score (nSPS) is 10.6.